The van der Waals surface area contributed by atoms with Gasteiger partial charge in [-0.25, -0.2) is 13.8 Å². The first kappa shape index (κ1) is 21.3. The number of ketones is 1. The number of hydrogen-bond acceptors (Lipinski definition) is 4. The standard InChI is InChI=1S/C21H15BrF2N4O2/c22-14-5-6-19(27-10-14)28-21(30)15-9-17(24)16(23)7-13(15)8-18(29)11-1-3-12(4-2-11)20(25)26/h1-7,9-10H,8H2,(H3,25,26)(H,27,28,30). The molecule has 30 heavy (non-hydrogen) atoms. The highest BCUT2D eigenvalue weighted by atomic mass is 79.9. The first-order valence-corrected chi connectivity index (χ1v) is 9.42. The van der Waals surface area contributed by atoms with E-state index in [-0.39, 0.29) is 34.8 Å². The number of halogens is 3. The molecule has 1 aromatic heterocycles. The molecular formula is C21H15BrF2N4O2. The number of amidine groups is 1. The van der Waals surface area contributed by atoms with Gasteiger partial charge < -0.3 is 11.1 Å². The molecule has 0 saturated carbocycles. The Morgan fingerprint density at radius 2 is 1.67 bits per heavy atom. The van der Waals surface area contributed by atoms with Crippen molar-refractivity contribution in [1.29, 1.82) is 5.41 Å². The molecule has 152 valence electrons. The maximum Gasteiger partial charge on any atom is 0.257 e. The van der Waals surface area contributed by atoms with E-state index in [1.54, 1.807) is 6.07 Å². The third kappa shape index (κ3) is 4.93. The van der Waals surface area contributed by atoms with Gasteiger partial charge >= 0.3 is 0 Å². The van der Waals surface area contributed by atoms with E-state index in [4.69, 9.17) is 11.1 Å². The van der Waals surface area contributed by atoms with Crippen LogP contribution >= 0.6 is 15.9 Å². The second-order valence-corrected chi connectivity index (χ2v) is 7.25. The van der Waals surface area contributed by atoms with Gasteiger partial charge in [0.15, 0.2) is 17.4 Å². The van der Waals surface area contributed by atoms with Crippen molar-refractivity contribution in [3.8, 4) is 0 Å². The topological polar surface area (TPSA) is 109 Å². The van der Waals surface area contributed by atoms with Gasteiger partial charge in [-0.2, -0.15) is 0 Å². The van der Waals surface area contributed by atoms with Crippen molar-refractivity contribution in [2.24, 2.45) is 5.73 Å². The minimum Gasteiger partial charge on any atom is -0.384 e. The number of anilines is 1. The summed E-state index contributed by atoms with van der Waals surface area (Å²) in [5.74, 6) is -3.43. The maximum atomic E-state index is 13.8. The first-order chi connectivity index (χ1) is 14.2. The van der Waals surface area contributed by atoms with Crippen LogP contribution in [0, 0.1) is 17.0 Å². The van der Waals surface area contributed by atoms with Gasteiger partial charge in [-0.1, -0.05) is 24.3 Å². The average Bonchev–Trinajstić information content (AvgIpc) is 2.72. The van der Waals surface area contributed by atoms with Gasteiger partial charge in [0.05, 0.1) is 0 Å². The molecule has 0 atom stereocenters. The molecule has 3 rings (SSSR count). The molecule has 0 unspecified atom stereocenters. The molecule has 0 fully saturated rings. The van der Waals surface area contributed by atoms with E-state index < -0.39 is 23.3 Å². The fourth-order valence-corrected chi connectivity index (χ4v) is 2.92. The summed E-state index contributed by atoms with van der Waals surface area (Å²) in [5.41, 5.74) is 5.97. The molecule has 6 nitrogen and oxygen atoms in total. The summed E-state index contributed by atoms with van der Waals surface area (Å²) in [4.78, 5) is 29.2. The number of nitrogen functional groups attached to an aromatic ring is 1. The molecule has 1 amide bonds. The molecule has 1 heterocycles. The van der Waals surface area contributed by atoms with Crippen LogP contribution in [0.2, 0.25) is 0 Å². The third-order valence-electron chi connectivity index (χ3n) is 4.23. The highest BCUT2D eigenvalue weighted by Gasteiger charge is 2.19. The van der Waals surface area contributed by atoms with Gasteiger partial charge in [0.2, 0.25) is 0 Å². The molecule has 0 aliphatic heterocycles. The molecule has 0 bridgehead atoms. The van der Waals surface area contributed by atoms with Crippen LogP contribution < -0.4 is 11.1 Å². The van der Waals surface area contributed by atoms with Gasteiger partial charge in [0.25, 0.3) is 5.91 Å². The van der Waals surface area contributed by atoms with E-state index in [0.717, 1.165) is 12.1 Å². The number of Topliss-reactive ketones (excluding diaryl/α,β-unsaturated/α-hetero) is 1. The molecular weight excluding hydrogens is 458 g/mol. The van der Waals surface area contributed by atoms with Crippen molar-refractivity contribution in [3.05, 3.63) is 93.1 Å². The molecule has 0 aliphatic carbocycles. The highest BCUT2D eigenvalue weighted by Crippen LogP contribution is 2.20. The predicted molar refractivity (Wildman–Crippen MR) is 112 cm³/mol. The summed E-state index contributed by atoms with van der Waals surface area (Å²) in [7, 11) is 0. The summed E-state index contributed by atoms with van der Waals surface area (Å²) in [5, 5.41) is 9.88. The number of aromatic nitrogens is 1. The summed E-state index contributed by atoms with van der Waals surface area (Å²) in [6.07, 6.45) is 1.14. The molecule has 0 spiro atoms. The lowest BCUT2D eigenvalue weighted by Crippen LogP contribution is -2.18. The number of hydrogen-bond donors (Lipinski definition) is 3. The molecule has 3 aromatic rings. The number of pyridine rings is 1. The Morgan fingerprint density at radius 3 is 2.27 bits per heavy atom. The van der Waals surface area contributed by atoms with Crippen LogP contribution in [0.25, 0.3) is 0 Å². The fourth-order valence-electron chi connectivity index (χ4n) is 2.69. The Hall–Kier alpha value is -3.46. The molecule has 0 aliphatic rings. The van der Waals surface area contributed by atoms with Gasteiger partial charge in [0.1, 0.15) is 11.7 Å². The number of nitrogens with one attached hydrogen (secondary N) is 2. The number of nitrogens with two attached hydrogens (primary N) is 1. The highest BCUT2D eigenvalue weighted by molar-refractivity contribution is 9.10. The van der Waals surface area contributed by atoms with Crippen molar-refractivity contribution in [2.45, 2.75) is 6.42 Å². The van der Waals surface area contributed by atoms with Gasteiger partial charge in [-0.05, 0) is 45.8 Å². The smallest absolute Gasteiger partial charge is 0.257 e. The van der Waals surface area contributed by atoms with Crippen molar-refractivity contribution in [3.63, 3.8) is 0 Å². The largest absolute Gasteiger partial charge is 0.384 e. The van der Waals surface area contributed by atoms with Gasteiger partial charge in [0, 0.05) is 33.8 Å². The Bertz CT molecular complexity index is 1130. The maximum absolute atomic E-state index is 13.8. The Morgan fingerprint density at radius 1 is 1.03 bits per heavy atom. The normalized spacial score (nSPS) is 10.5. The predicted octanol–water partition coefficient (Wildman–Crippen LogP) is 4.08. The quantitative estimate of drug-likeness (QED) is 0.285. The fraction of sp³-hybridized carbons (Fsp3) is 0.0476. The molecule has 4 N–H and O–H groups in total. The van der Waals surface area contributed by atoms with E-state index in [1.807, 2.05) is 0 Å². The summed E-state index contributed by atoms with van der Waals surface area (Å²) >= 11 is 3.22. The number of benzene rings is 2. The number of carbonyl (C=O) groups is 2. The lowest BCUT2D eigenvalue weighted by atomic mass is 9.97. The van der Waals surface area contributed by atoms with E-state index in [2.05, 4.69) is 26.2 Å². The molecule has 0 saturated heterocycles. The number of carbonyl (C=O) groups excluding carboxylic acids is 2. The average molecular weight is 473 g/mol. The Balaban J connectivity index is 1.87. The van der Waals surface area contributed by atoms with Crippen LogP contribution in [-0.2, 0) is 6.42 Å². The second kappa shape index (κ2) is 8.91. The minimum atomic E-state index is -1.20. The molecule has 0 radical (unpaired) electrons. The van der Waals surface area contributed by atoms with Gasteiger partial charge in [-0.3, -0.25) is 15.0 Å². The van der Waals surface area contributed by atoms with E-state index in [9.17, 15) is 18.4 Å². The van der Waals surface area contributed by atoms with Crippen LogP contribution in [0.4, 0.5) is 14.6 Å². The third-order valence-corrected chi connectivity index (χ3v) is 4.70. The van der Waals surface area contributed by atoms with E-state index in [0.29, 0.717) is 10.0 Å². The van der Waals surface area contributed by atoms with Crippen LogP contribution in [0.1, 0.15) is 31.8 Å². The Kier molecular flexibility index (Phi) is 6.31. The first-order valence-electron chi connectivity index (χ1n) is 8.63. The lowest BCUT2D eigenvalue weighted by Gasteiger charge is -2.11. The van der Waals surface area contributed by atoms with Crippen LogP contribution in [0.3, 0.4) is 0 Å². The van der Waals surface area contributed by atoms with E-state index in [1.165, 1.54) is 36.5 Å². The van der Waals surface area contributed by atoms with Crippen LogP contribution in [0.5, 0.6) is 0 Å². The van der Waals surface area contributed by atoms with Crippen LogP contribution in [-0.4, -0.2) is 22.5 Å². The van der Waals surface area contributed by atoms with E-state index >= 15 is 0 Å². The SMILES string of the molecule is N=C(N)c1ccc(C(=O)Cc2cc(F)c(F)cc2C(=O)Nc2ccc(Br)cn2)cc1. The lowest BCUT2D eigenvalue weighted by molar-refractivity contribution is 0.0992. The van der Waals surface area contributed by atoms with Crippen LogP contribution in [0.15, 0.2) is 59.2 Å². The number of rotatable bonds is 6. The monoisotopic (exact) mass is 472 g/mol. The minimum absolute atomic E-state index is 0.0316. The van der Waals surface area contributed by atoms with Crippen molar-refractivity contribution < 1.29 is 18.4 Å². The second-order valence-electron chi connectivity index (χ2n) is 6.33. The molecule has 2 aromatic carbocycles. The zero-order chi connectivity index (χ0) is 21.8. The summed E-state index contributed by atoms with van der Waals surface area (Å²) in [6.45, 7) is 0. The number of nitrogens with zero attached hydrogens (tertiary/aromatic N) is 1. The number of amides is 1. The van der Waals surface area contributed by atoms with Crippen molar-refractivity contribution in [1.82, 2.24) is 4.98 Å². The zero-order valence-electron chi connectivity index (χ0n) is 15.4. The van der Waals surface area contributed by atoms with Crippen molar-refractivity contribution in [2.75, 3.05) is 5.32 Å². The van der Waals surface area contributed by atoms with Gasteiger partial charge in [-0.15, -0.1) is 0 Å². The molecule has 9 heteroatoms. The Labute approximate surface area is 178 Å². The van der Waals surface area contributed by atoms with Crippen molar-refractivity contribution >= 4 is 39.3 Å². The summed E-state index contributed by atoms with van der Waals surface area (Å²) in [6, 6.07) is 10.7. The summed E-state index contributed by atoms with van der Waals surface area (Å²) < 4.78 is 28.3. The zero-order valence-corrected chi connectivity index (χ0v) is 17.0.